The third-order valence-electron chi connectivity index (χ3n) is 3.60. The van der Waals surface area contributed by atoms with Crippen molar-refractivity contribution in [1.29, 1.82) is 0 Å². The molecular weight excluding hydrogens is 326 g/mol. The highest BCUT2D eigenvalue weighted by Gasteiger charge is 2.17. The van der Waals surface area contributed by atoms with Gasteiger partial charge in [0.15, 0.2) is 0 Å². The molecule has 1 unspecified atom stereocenters. The van der Waals surface area contributed by atoms with E-state index in [0.717, 1.165) is 27.1 Å². The number of hydrogen-bond donors (Lipinski definition) is 2. The van der Waals surface area contributed by atoms with Crippen LogP contribution in [0.2, 0.25) is 0 Å². The summed E-state index contributed by atoms with van der Waals surface area (Å²) in [5.41, 5.74) is 1.80. The third kappa shape index (κ3) is 2.89. The maximum Gasteiger partial charge on any atom is 0.214 e. The summed E-state index contributed by atoms with van der Waals surface area (Å²) >= 11 is 1.45. The number of fused-ring (bicyclic) bond motifs is 1. The van der Waals surface area contributed by atoms with Crippen LogP contribution < -0.4 is 5.32 Å². The van der Waals surface area contributed by atoms with Gasteiger partial charge in [-0.3, -0.25) is 4.98 Å². The van der Waals surface area contributed by atoms with Gasteiger partial charge < -0.3 is 14.8 Å². The molecular formula is C16H15N5O2S. The van der Waals surface area contributed by atoms with Crippen LogP contribution in [-0.4, -0.2) is 31.3 Å². The van der Waals surface area contributed by atoms with E-state index < -0.39 is 0 Å². The molecule has 1 atom stereocenters. The van der Waals surface area contributed by atoms with Crippen molar-refractivity contribution >= 4 is 21.4 Å². The Labute approximate surface area is 141 Å². The molecule has 4 aromatic heterocycles. The van der Waals surface area contributed by atoms with E-state index in [0.29, 0.717) is 6.42 Å². The smallest absolute Gasteiger partial charge is 0.214 e. The Morgan fingerprint density at radius 1 is 1.33 bits per heavy atom. The van der Waals surface area contributed by atoms with Gasteiger partial charge in [-0.1, -0.05) is 11.3 Å². The zero-order valence-electron chi connectivity index (χ0n) is 12.7. The predicted octanol–water partition coefficient (Wildman–Crippen LogP) is 2.98. The minimum atomic E-state index is -0.126. The summed E-state index contributed by atoms with van der Waals surface area (Å²) in [5, 5.41) is 17.8. The van der Waals surface area contributed by atoms with Gasteiger partial charge in [0.1, 0.15) is 5.76 Å². The van der Waals surface area contributed by atoms with Crippen LogP contribution in [0.5, 0.6) is 0 Å². The Morgan fingerprint density at radius 3 is 3.00 bits per heavy atom. The Hall–Kier alpha value is -2.71. The molecule has 0 saturated carbocycles. The molecule has 4 heterocycles. The first-order chi connectivity index (χ1) is 11.8. The number of pyridine rings is 1. The number of aliphatic hydroxyl groups excluding tert-OH is 1. The van der Waals surface area contributed by atoms with E-state index in [9.17, 15) is 5.11 Å². The molecule has 122 valence electrons. The fraction of sp³-hybridized carbons (Fsp3) is 0.188. The van der Waals surface area contributed by atoms with Crippen LogP contribution in [0.15, 0.2) is 53.5 Å². The number of nitrogens with one attached hydrogen (secondary N) is 1. The van der Waals surface area contributed by atoms with Crippen LogP contribution >= 0.6 is 11.3 Å². The summed E-state index contributed by atoms with van der Waals surface area (Å²) in [4.78, 5) is 9.48. The van der Waals surface area contributed by atoms with Crippen molar-refractivity contribution in [3.8, 4) is 11.3 Å². The number of rotatable bonds is 6. The van der Waals surface area contributed by atoms with Gasteiger partial charge in [0.05, 0.1) is 24.2 Å². The Balaban J connectivity index is 1.58. The fourth-order valence-corrected chi connectivity index (χ4v) is 3.30. The van der Waals surface area contributed by atoms with Crippen LogP contribution in [0.4, 0.5) is 5.13 Å². The lowest BCUT2D eigenvalue weighted by Gasteiger charge is -2.13. The zero-order valence-corrected chi connectivity index (χ0v) is 13.5. The molecule has 0 amide bonds. The third-order valence-corrected chi connectivity index (χ3v) is 4.46. The molecule has 0 saturated heterocycles. The Morgan fingerprint density at radius 2 is 2.29 bits per heavy atom. The van der Waals surface area contributed by atoms with E-state index in [1.54, 1.807) is 23.2 Å². The lowest BCUT2D eigenvalue weighted by molar-refractivity contribution is 0.273. The molecule has 24 heavy (non-hydrogen) atoms. The van der Waals surface area contributed by atoms with Gasteiger partial charge in [0, 0.05) is 24.6 Å². The van der Waals surface area contributed by atoms with Crippen LogP contribution in [0.25, 0.3) is 16.2 Å². The van der Waals surface area contributed by atoms with E-state index in [1.807, 2.05) is 30.5 Å². The van der Waals surface area contributed by atoms with Crippen molar-refractivity contribution < 1.29 is 9.52 Å². The maximum atomic E-state index is 9.25. The molecule has 0 aliphatic rings. The van der Waals surface area contributed by atoms with Gasteiger partial charge in [0.2, 0.25) is 10.1 Å². The maximum absolute atomic E-state index is 9.25. The number of furan rings is 1. The highest BCUT2D eigenvalue weighted by molar-refractivity contribution is 7.20. The number of hydrogen-bond acceptors (Lipinski definition) is 7. The quantitative estimate of drug-likeness (QED) is 0.560. The van der Waals surface area contributed by atoms with Crippen molar-refractivity contribution in [2.24, 2.45) is 0 Å². The van der Waals surface area contributed by atoms with Gasteiger partial charge in [-0.2, -0.15) is 0 Å². The molecule has 0 spiro atoms. The van der Waals surface area contributed by atoms with Crippen molar-refractivity contribution in [2.75, 3.05) is 11.9 Å². The minimum Gasteiger partial charge on any atom is -0.467 e. The molecule has 2 N–H and O–H groups in total. The molecule has 0 aliphatic heterocycles. The highest BCUT2D eigenvalue weighted by atomic mass is 32.1. The number of imidazole rings is 1. The lowest BCUT2D eigenvalue weighted by atomic mass is 10.1. The second-order valence-electron chi connectivity index (χ2n) is 5.23. The van der Waals surface area contributed by atoms with Crippen molar-refractivity contribution in [2.45, 2.75) is 12.5 Å². The number of nitrogens with zero attached hydrogens (tertiary/aromatic N) is 4. The summed E-state index contributed by atoms with van der Waals surface area (Å²) in [7, 11) is 0. The van der Waals surface area contributed by atoms with E-state index in [2.05, 4.69) is 20.4 Å². The average molecular weight is 341 g/mol. The van der Waals surface area contributed by atoms with Crippen molar-refractivity contribution in [3.05, 3.63) is 54.9 Å². The van der Waals surface area contributed by atoms with Crippen LogP contribution in [-0.2, 0) is 0 Å². The van der Waals surface area contributed by atoms with Gasteiger partial charge in [-0.15, -0.1) is 5.10 Å². The topological polar surface area (TPSA) is 88.5 Å². The van der Waals surface area contributed by atoms with Gasteiger partial charge in [-0.05, 0) is 30.7 Å². The standard InChI is InChI=1S/C16H15N5O2S/c22-7-5-12(14-4-2-8-23-14)18-15-20-21-10-13(19-16(21)24-15)11-3-1-6-17-9-11/h1-4,6,8-10,12,22H,5,7H2,(H,18,20). The monoisotopic (exact) mass is 341 g/mol. The van der Waals surface area contributed by atoms with E-state index in [-0.39, 0.29) is 12.6 Å². The van der Waals surface area contributed by atoms with E-state index in [4.69, 9.17) is 4.42 Å². The van der Waals surface area contributed by atoms with Gasteiger partial charge >= 0.3 is 0 Å². The highest BCUT2D eigenvalue weighted by Crippen LogP contribution is 2.28. The van der Waals surface area contributed by atoms with Crippen molar-refractivity contribution in [1.82, 2.24) is 19.6 Å². The summed E-state index contributed by atoms with van der Waals surface area (Å²) in [6, 6.07) is 7.43. The largest absolute Gasteiger partial charge is 0.467 e. The number of aromatic nitrogens is 4. The van der Waals surface area contributed by atoms with Gasteiger partial charge in [0.25, 0.3) is 0 Å². The molecule has 0 bridgehead atoms. The summed E-state index contributed by atoms with van der Waals surface area (Å²) < 4.78 is 7.17. The SMILES string of the molecule is OCCC(Nc1nn2cc(-c3cccnc3)nc2s1)c1ccco1. The average Bonchev–Trinajstić information content (AvgIpc) is 3.31. The molecule has 0 fully saturated rings. The first kappa shape index (κ1) is 14.9. The zero-order chi connectivity index (χ0) is 16.4. The molecule has 0 aromatic carbocycles. The fourth-order valence-electron chi connectivity index (χ4n) is 2.47. The molecule has 7 nitrogen and oxygen atoms in total. The molecule has 0 aliphatic carbocycles. The van der Waals surface area contributed by atoms with Crippen molar-refractivity contribution in [3.63, 3.8) is 0 Å². The normalized spacial score (nSPS) is 12.5. The minimum absolute atomic E-state index is 0.0615. The second kappa shape index (κ2) is 6.42. The van der Waals surface area contributed by atoms with Crippen LogP contribution in [0, 0.1) is 0 Å². The molecule has 0 radical (unpaired) electrons. The van der Waals surface area contributed by atoms with Crippen LogP contribution in [0.3, 0.4) is 0 Å². The van der Waals surface area contributed by atoms with E-state index in [1.165, 1.54) is 11.3 Å². The molecule has 4 rings (SSSR count). The van der Waals surface area contributed by atoms with Gasteiger partial charge in [-0.25, -0.2) is 9.50 Å². The summed E-state index contributed by atoms with van der Waals surface area (Å²) in [6.07, 6.45) is 7.55. The van der Waals surface area contributed by atoms with Crippen LogP contribution in [0.1, 0.15) is 18.2 Å². The number of anilines is 1. The first-order valence-corrected chi connectivity index (χ1v) is 8.32. The lowest BCUT2D eigenvalue weighted by Crippen LogP contribution is -2.11. The predicted molar refractivity (Wildman–Crippen MR) is 90.9 cm³/mol. The Kier molecular flexibility index (Phi) is 3.97. The molecule has 8 heteroatoms. The Bertz CT molecular complexity index is 885. The first-order valence-electron chi connectivity index (χ1n) is 7.51. The van der Waals surface area contributed by atoms with E-state index >= 15 is 0 Å². The second-order valence-corrected chi connectivity index (χ2v) is 6.18. The summed E-state index contributed by atoms with van der Waals surface area (Å²) in [5.74, 6) is 0.771. The summed E-state index contributed by atoms with van der Waals surface area (Å²) in [6.45, 7) is 0.0615. The number of aliphatic hydroxyl groups is 1. The molecule has 4 aromatic rings.